The average molecular weight is 189 g/mol. The van der Waals surface area contributed by atoms with Crippen LogP contribution in [0.4, 0.5) is 8.78 Å². The van der Waals surface area contributed by atoms with Gasteiger partial charge in [0.25, 0.3) is 5.92 Å². The lowest BCUT2D eigenvalue weighted by atomic mass is 10.1. The van der Waals surface area contributed by atoms with Gasteiger partial charge in [0.2, 0.25) is 0 Å². The molecule has 0 aromatic carbocycles. The smallest absolute Gasteiger partial charge is 0.267 e. The summed E-state index contributed by atoms with van der Waals surface area (Å²) in [7, 11) is 0. The Labute approximate surface area is 75.7 Å². The molecule has 2 N–H and O–H groups in total. The summed E-state index contributed by atoms with van der Waals surface area (Å²) in [5.74, 6) is -2.17. The van der Waals surface area contributed by atoms with E-state index in [0.717, 1.165) is 12.5 Å². The predicted octanol–water partition coefficient (Wildman–Crippen LogP) is 2.55. The number of hydrogen-bond acceptors (Lipinski definition) is 2. The van der Waals surface area contributed by atoms with Crippen molar-refractivity contribution in [3.05, 3.63) is 23.2 Å². The molecular formula is C9H13F2NO. The van der Waals surface area contributed by atoms with Crippen molar-refractivity contribution in [2.75, 3.05) is 0 Å². The first-order valence-corrected chi connectivity index (χ1v) is 4.02. The van der Waals surface area contributed by atoms with Crippen molar-refractivity contribution >= 4 is 0 Å². The normalized spacial score (nSPS) is 14.6. The molecule has 13 heavy (non-hydrogen) atoms. The molecule has 1 heterocycles. The van der Waals surface area contributed by atoms with Gasteiger partial charge in [-0.25, -0.2) is 8.78 Å². The first-order valence-electron chi connectivity index (χ1n) is 4.02. The van der Waals surface area contributed by atoms with Crippen LogP contribution in [0.5, 0.6) is 0 Å². The van der Waals surface area contributed by atoms with Gasteiger partial charge in [0, 0.05) is 6.92 Å². The number of halogens is 2. The van der Waals surface area contributed by atoms with E-state index in [0.29, 0.717) is 5.76 Å². The molecule has 0 aliphatic carbocycles. The number of hydrogen-bond donors (Lipinski definition) is 1. The highest BCUT2D eigenvalue weighted by Crippen LogP contribution is 2.30. The molecule has 0 aliphatic heterocycles. The van der Waals surface area contributed by atoms with Gasteiger partial charge in [0.05, 0.1) is 0 Å². The van der Waals surface area contributed by atoms with Crippen LogP contribution >= 0.6 is 0 Å². The zero-order valence-electron chi connectivity index (χ0n) is 7.90. The van der Waals surface area contributed by atoms with Gasteiger partial charge in [-0.05, 0) is 25.5 Å². The van der Waals surface area contributed by atoms with Crippen LogP contribution in [0.2, 0.25) is 0 Å². The van der Waals surface area contributed by atoms with Gasteiger partial charge in [-0.15, -0.1) is 0 Å². The van der Waals surface area contributed by atoms with Crippen molar-refractivity contribution < 1.29 is 13.2 Å². The molecule has 0 aliphatic rings. The maximum Gasteiger partial charge on any atom is 0.267 e. The van der Waals surface area contributed by atoms with Crippen LogP contribution in [-0.4, -0.2) is 5.92 Å². The van der Waals surface area contributed by atoms with Crippen LogP contribution < -0.4 is 5.73 Å². The molecule has 2 nitrogen and oxygen atoms in total. The quantitative estimate of drug-likeness (QED) is 0.776. The van der Waals surface area contributed by atoms with Gasteiger partial charge >= 0.3 is 0 Å². The van der Waals surface area contributed by atoms with Crippen LogP contribution in [0.1, 0.15) is 30.0 Å². The zero-order valence-corrected chi connectivity index (χ0v) is 7.90. The Morgan fingerprint density at radius 2 is 2.00 bits per heavy atom. The highest BCUT2D eigenvalue weighted by Gasteiger charge is 2.34. The van der Waals surface area contributed by atoms with E-state index in [1.54, 1.807) is 19.9 Å². The molecule has 4 heteroatoms. The van der Waals surface area contributed by atoms with Crippen molar-refractivity contribution in [2.45, 2.75) is 32.7 Å². The SMILES string of the molecule is Cc1cc([C@H](N)C(C)(F)F)oc1C. The molecule has 1 atom stereocenters. The van der Waals surface area contributed by atoms with Crippen LogP contribution in [0.3, 0.4) is 0 Å². The molecule has 74 valence electrons. The molecule has 1 aromatic rings. The fourth-order valence-electron chi connectivity index (χ4n) is 1.00. The van der Waals surface area contributed by atoms with E-state index in [9.17, 15) is 8.78 Å². The predicted molar refractivity (Wildman–Crippen MR) is 45.7 cm³/mol. The zero-order chi connectivity index (χ0) is 10.2. The molecule has 1 aromatic heterocycles. The monoisotopic (exact) mass is 189 g/mol. The summed E-state index contributed by atoms with van der Waals surface area (Å²) in [4.78, 5) is 0. The number of aryl methyl sites for hydroxylation is 2. The number of alkyl halides is 2. The van der Waals surface area contributed by atoms with E-state index in [-0.39, 0.29) is 5.76 Å². The molecule has 0 fully saturated rings. The lowest BCUT2D eigenvalue weighted by molar-refractivity contribution is -0.0126. The van der Waals surface area contributed by atoms with Gasteiger partial charge in [0.15, 0.2) is 0 Å². The van der Waals surface area contributed by atoms with Gasteiger partial charge in [-0.2, -0.15) is 0 Å². The summed E-state index contributed by atoms with van der Waals surface area (Å²) in [5.41, 5.74) is 6.15. The number of furan rings is 1. The number of nitrogens with two attached hydrogens (primary N) is 1. The van der Waals surface area contributed by atoms with Gasteiger partial charge in [-0.3, -0.25) is 0 Å². The molecule has 0 spiro atoms. The van der Waals surface area contributed by atoms with Gasteiger partial charge in [0.1, 0.15) is 17.6 Å². The molecule has 0 unspecified atom stereocenters. The average Bonchev–Trinajstić information content (AvgIpc) is 2.29. The second-order valence-corrected chi connectivity index (χ2v) is 3.32. The van der Waals surface area contributed by atoms with E-state index in [1.807, 2.05) is 0 Å². The third-order valence-corrected chi connectivity index (χ3v) is 2.04. The Morgan fingerprint density at radius 1 is 1.46 bits per heavy atom. The van der Waals surface area contributed by atoms with Crippen molar-refractivity contribution in [1.82, 2.24) is 0 Å². The van der Waals surface area contributed by atoms with Crippen molar-refractivity contribution in [3.63, 3.8) is 0 Å². The Morgan fingerprint density at radius 3 is 2.31 bits per heavy atom. The van der Waals surface area contributed by atoms with Crippen LogP contribution in [-0.2, 0) is 0 Å². The van der Waals surface area contributed by atoms with Crippen molar-refractivity contribution in [1.29, 1.82) is 0 Å². The maximum absolute atomic E-state index is 12.8. The third-order valence-electron chi connectivity index (χ3n) is 2.04. The minimum atomic E-state index is -2.95. The minimum absolute atomic E-state index is 0.141. The molecule has 0 radical (unpaired) electrons. The van der Waals surface area contributed by atoms with E-state index in [1.165, 1.54) is 0 Å². The molecule has 0 bridgehead atoms. The number of rotatable bonds is 2. The highest BCUT2D eigenvalue weighted by molar-refractivity contribution is 5.21. The summed E-state index contributed by atoms with van der Waals surface area (Å²) in [6.07, 6.45) is 0. The summed E-state index contributed by atoms with van der Waals surface area (Å²) in [6, 6.07) is 0.192. The minimum Gasteiger partial charge on any atom is -0.464 e. The first kappa shape index (κ1) is 10.2. The summed E-state index contributed by atoms with van der Waals surface area (Å²) in [6.45, 7) is 4.30. The van der Waals surface area contributed by atoms with Crippen molar-refractivity contribution in [2.24, 2.45) is 5.73 Å². The second kappa shape index (κ2) is 3.10. The van der Waals surface area contributed by atoms with Gasteiger partial charge in [-0.1, -0.05) is 0 Å². The summed E-state index contributed by atoms with van der Waals surface area (Å²) >= 11 is 0. The van der Waals surface area contributed by atoms with Gasteiger partial charge < -0.3 is 10.2 Å². The molecule has 1 rings (SSSR count). The summed E-state index contributed by atoms with van der Waals surface area (Å²) < 4.78 is 30.6. The third kappa shape index (κ3) is 2.06. The van der Waals surface area contributed by atoms with E-state index in [2.05, 4.69) is 0 Å². The van der Waals surface area contributed by atoms with Crippen molar-refractivity contribution in [3.8, 4) is 0 Å². The molecular weight excluding hydrogens is 176 g/mol. The first-order chi connectivity index (χ1) is 5.82. The molecule has 0 saturated heterocycles. The fraction of sp³-hybridized carbons (Fsp3) is 0.556. The highest BCUT2D eigenvalue weighted by atomic mass is 19.3. The standard InChI is InChI=1S/C9H13F2NO/c1-5-4-7(13-6(5)2)8(12)9(3,10)11/h4,8H,12H2,1-3H3/t8-/m0/s1. The Hall–Kier alpha value is -0.900. The summed E-state index contributed by atoms with van der Waals surface area (Å²) in [5, 5.41) is 0. The van der Waals surface area contributed by atoms with Crippen LogP contribution in [0.15, 0.2) is 10.5 Å². The Balaban J connectivity index is 2.96. The Kier molecular flexibility index (Phi) is 2.43. The molecule has 0 saturated carbocycles. The van der Waals surface area contributed by atoms with Crippen LogP contribution in [0.25, 0.3) is 0 Å². The van der Waals surface area contributed by atoms with Crippen LogP contribution in [0, 0.1) is 13.8 Å². The fourth-order valence-corrected chi connectivity index (χ4v) is 1.00. The molecule has 0 amide bonds. The Bertz CT molecular complexity index is 282. The maximum atomic E-state index is 12.8. The second-order valence-electron chi connectivity index (χ2n) is 3.32. The lowest BCUT2D eigenvalue weighted by Crippen LogP contribution is -2.29. The van der Waals surface area contributed by atoms with E-state index < -0.39 is 12.0 Å². The van der Waals surface area contributed by atoms with E-state index in [4.69, 9.17) is 10.2 Å². The van der Waals surface area contributed by atoms with E-state index >= 15 is 0 Å². The lowest BCUT2D eigenvalue weighted by Gasteiger charge is -2.16. The topological polar surface area (TPSA) is 39.2 Å². The largest absolute Gasteiger partial charge is 0.464 e.